The molecule has 0 fully saturated rings. The van der Waals surface area contributed by atoms with E-state index in [-0.39, 0.29) is 4.99 Å². The van der Waals surface area contributed by atoms with Crippen LogP contribution in [-0.4, -0.2) is 12.1 Å². The van der Waals surface area contributed by atoms with Crippen LogP contribution in [0.15, 0.2) is 42.5 Å². The Balaban J connectivity index is 2.13. The Kier molecular flexibility index (Phi) is 4.82. The predicted molar refractivity (Wildman–Crippen MR) is 84.7 cm³/mol. The molecule has 2 N–H and O–H groups in total. The molecule has 5 heteroatoms. The van der Waals surface area contributed by atoms with Gasteiger partial charge in [-0.15, -0.1) is 0 Å². The quantitative estimate of drug-likeness (QED) is 0.858. The lowest BCUT2D eigenvalue weighted by Crippen LogP contribution is -2.11. The number of halogens is 1. The van der Waals surface area contributed by atoms with E-state index in [1.165, 1.54) is 0 Å². The molecule has 0 aliphatic carbocycles. The highest BCUT2D eigenvalue weighted by atomic mass is 35.5. The number of hydrogen-bond donors (Lipinski definition) is 1. The molecular formula is C15H14ClNO2S. The summed E-state index contributed by atoms with van der Waals surface area (Å²) >= 11 is 11.0. The monoisotopic (exact) mass is 307 g/mol. The van der Waals surface area contributed by atoms with E-state index in [0.717, 1.165) is 11.3 Å². The van der Waals surface area contributed by atoms with E-state index >= 15 is 0 Å². The van der Waals surface area contributed by atoms with Gasteiger partial charge in [0.05, 0.1) is 12.7 Å². The van der Waals surface area contributed by atoms with Crippen molar-refractivity contribution >= 4 is 28.8 Å². The van der Waals surface area contributed by atoms with Crippen LogP contribution in [-0.2, 0) is 6.61 Å². The summed E-state index contributed by atoms with van der Waals surface area (Å²) in [6, 6.07) is 12.8. The lowest BCUT2D eigenvalue weighted by Gasteiger charge is -2.11. The van der Waals surface area contributed by atoms with Gasteiger partial charge in [-0.3, -0.25) is 0 Å². The van der Waals surface area contributed by atoms with E-state index in [0.29, 0.717) is 22.9 Å². The third kappa shape index (κ3) is 3.62. The van der Waals surface area contributed by atoms with Crippen LogP contribution < -0.4 is 15.2 Å². The molecule has 0 radical (unpaired) electrons. The fourth-order valence-electron chi connectivity index (χ4n) is 1.70. The highest BCUT2D eigenvalue weighted by molar-refractivity contribution is 7.80. The van der Waals surface area contributed by atoms with Gasteiger partial charge in [-0.1, -0.05) is 36.0 Å². The van der Waals surface area contributed by atoms with E-state index in [1.807, 2.05) is 24.3 Å². The zero-order valence-electron chi connectivity index (χ0n) is 10.9. The van der Waals surface area contributed by atoms with Gasteiger partial charge in [0.1, 0.15) is 23.1 Å². The first-order chi connectivity index (χ1) is 9.60. The highest BCUT2D eigenvalue weighted by Gasteiger charge is 2.07. The Morgan fingerprint density at radius 3 is 2.50 bits per heavy atom. The van der Waals surface area contributed by atoms with Gasteiger partial charge in [-0.2, -0.15) is 0 Å². The molecule has 3 nitrogen and oxygen atoms in total. The fraction of sp³-hybridized carbons (Fsp3) is 0.133. The lowest BCUT2D eigenvalue weighted by molar-refractivity contribution is 0.305. The number of methoxy groups -OCH3 is 1. The first kappa shape index (κ1) is 14.6. The van der Waals surface area contributed by atoms with Crippen LogP contribution in [0.3, 0.4) is 0 Å². The van der Waals surface area contributed by atoms with E-state index in [1.54, 1.807) is 25.3 Å². The first-order valence-corrected chi connectivity index (χ1v) is 6.74. The Morgan fingerprint density at radius 1 is 1.20 bits per heavy atom. The van der Waals surface area contributed by atoms with Gasteiger partial charge >= 0.3 is 0 Å². The molecule has 2 rings (SSSR count). The summed E-state index contributed by atoms with van der Waals surface area (Å²) in [6.45, 7) is 0.403. The molecule has 0 heterocycles. The SMILES string of the molecule is COc1ccc(COc2cc(Cl)ccc2C(N)=S)cc1. The molecule has 0 aliphatic rings. The van der Waals surface area contributed by atoms with Crippen molar-refractivity contribution in [2.45, 2.75) is 6.61 Å². The zero-order chi connectivity index (χ0) is 14.5. The van der Waals surface area contributed by atoms with E-state index in [4.69, 9.17) is 39.0 Å². The number of benzene rings is 2. The molecule has 104 valence electrons. The molecule has 2 aromatic carbocycles. The van der Waals surface area contributed by atoms with Gasteiger partial charge in [0.2, 0.25) is 0 Å². The van der Waals surface area contributed by atoms with E-state index in [2.05, 4.69) is 0 Å². The van der Waals surface area contributed by atoms with Gasteiger partial charge in [0.25, 0.3) is 0 Å². The molecule has 20 heavy (non-hydrogen) atoms. The van der Waals surface area contributed by atoms with Gasteiger partial charge in [0, 0.05) is 5.02 Å². The third-order valence-corrected chi connectivity index (χ3v) is 3.22. The van der Waals surface area contributed by atoms with Crippen LogP contribution in [0.5, 0.6) is 11.5 Å². The van der Waals surface area contributed by atoms with Crippen molar-refractivity contribution in [3.63, 3.8) is 0 Å². The van der Waals surface area contributed by atoms with Crippen LogP contribution in [0.2, 0.25) is 5.02 Å². The lowest BCUT2D eigenvalue weighted by atomic mass is 10.2. The minimum atomic E-state index is 0.284. The topological polar surface area (TPSA) is 44.5 Å². The summed E-state index contributed by atoms with van der Waals surface area (Å²) in [6.07, 6.45) is 0. The molecule has 0 amide bonds. The Morgan fingerprint density at radius 2 is 1.90 bits per heavy atom. The summed E-state index contributed by atoms with van der Waals surface area (Å²) in [5.41, 5.74) is 7.36. The molecule has 0 aromatic heterocycles. The Labute approximate surface area is 128 Å². The molecule has 2 aromatic rings. The molecule has 0 saturated carbocycles. The zero-order valence-corrected chi connectivity index (χ0v) is 12.5. The van der Waals surface area contributed by atoms with Crippen molar-refractivity contribution in [2.24, 2.45) is 5.73 Å². The van der Waals surface area contributed by atoms with Crippen molar-refractivity contribution in [2.75, 3.05) is 7.11 Å². The minimum Gasteiger partial charge on any atom is -0.497 e. The number of ether oxygens (including phenoxy) is 2. The van der Waals surface area contributed by atoms with Crippen LogP contribution in [0, 0.1) is 0 Å². The van der Waals surface area contributed by atoms with Crippen molar-refractivity contribution in [3.8, 4) is 11.5 Å². The first-order valence-electron chi connectivity index (χ1n) is 5.95. The molecule has 0 bridgehead atoms. The summed E-state index contributed by atoms with van der Waals surface area (Å²) in [4.78, 5) is 0.284. The van der Waals surface area contributed by atoms with Crippen LogP contribution in [0.4, 0.5) is 0 Å². The summed E-state index contributed by atoms with van der Waals surface area (Å²) in [7, 11) is 1.63. The molecular weight excluding hydrogens is 294 g/mol. The largest absolute Gasteiger partial charge is 0.497 e. The van der Waals surface area contributed by atoms with Crippen molar-refractivity contribution < 1.29 is 9.47 Å². The summed E-state index contributed by atoms with van der Waals surface area (Å²) in [5, 5.41) is 0.578. The average Bonchev–Trinajstić information content (AvgIpc) is 2.45. The second-order valence-electron chi connectivity index (χ2n) is 4.14. The Hall–Kier alpha value is -1.78. The average molecular weight is 308 g/mol. The maximum absolute atomic E-state index is 5.96. The van der Waals surface area contributed by atoms with Crippen LogP contribution in [0.1, 0.15) is 11.1 Å². The Bertz CT molecular complexity index is 614. The second-order valence-corrected chi connectivity index (χ2v) is 5.02. The van der Waals surface area contributed by atoms with E-state index in [9.17, 15) is 0 Å². The normalized spacial score (nSPS) is 10.1. The maximum Gasteiger partial charge on any atom is 0.131 e. The van der Waals surface area contributed by atoms with E-state index < -0.39 is 0 Å². The van der Waals surface area contributed by atoms with Crippen molar-refractivity contribution in [1.29, 1.82) is 0 Å². The molecule has 0 saturated heterocycles. The highest BCUT2D eigenvalue weighted by Crippen LogP contribution is 2.24. The van der Waals surface area contributed by atoms with Crippen molar-refractivity contribution in [3.05, 3.63) is 58.6 Å². The summed E-state index contributed by atoms with van der Waals surface area (Å²) in [5.74, 6) is 1.39. The van der Waals surface area contributed by atoms with Gasteiger partial charge < -0.3 is 15.2 Å². The summed E-state index contributed by atoms with van der Waals surface area (Å²) < 4.78 is 10.9. The second kappa shape index (κ2) is 6.59. The third-order valence-electron chi connectivity index (χ3n) is 2.76. The van der Waals surface area contributed by atoms with Gasteiger partial charge in [-0.05, 0) is 35.9 Å². The number of nitrogens with two attached hydrogens (primary N) is 1. The molecule has 0 spiro atoms. The predicted octanol–water partition coefficient (Wildman–Crippen LogP) is 3.56. The number of thiocarbonyl (C=S) groups is 1. The van der Waals surface area contributed by atoms with Crippen molar-refractivity contribution in [1.82, 2.24) is 0 Å². The van der Waals surface area contributed by atoms with Crippen LogP contribution in [0.25, 0.3) is 0 Å². The number of rotatable bonds is 5. The minimum absolute atomic E-state index is 0.284. The van der Waals surface area contributed by atoms with Gasteiger partial charge in [0.15, 0.2) is 0 Å². The van der Waals surface area contributed by atoms with Crippen LogP contribution >= 0.6 is 23.8 Å². The fourth-order valence-corrected chi connectivity index (χ4v) is 2.03. The molecule has 0 aliphatic heterocycles. The molecule has 0 atom stereocenters. The molecule has 0 unspecified atom stereocenters. The smallest absolute Gasteiger partial charge is 0.131 e. The van der Waals surface area contributed by atoms with Gasteiger partial charge in [-0.25, -0.2) is 0 Å². The standard InChI is InChI=1S/C15H14ClNO2S/c1-18-12-5-2-10(3-6-12)9-19-14-8-11(16)4-7-13(14)15(17)20/h2-8H,9H2,1H3,(H2,17,20). The maximum atomic E-state index is 5.96. The number of hydrogen-bond acceptors (Lipinski definition) is 3.